The molecule has 2 aromatic rings. The predicted octanol–water partition coefficient (Wildman–Crippen LogP) is 3.97. The van der Waals surface area contributed by atoms with Crippen LogP contribution in [0, 0.1) is 0 Å². The maximum Gasteiger partial charge on any atom is 0.324 e. The van der Waals surface area contributed by atoms with Crippen molar-refractivity contribution in [3.8, 4) is 0 Å². The van der Waals surface area contributed by atoms with E-state index in [1.165, 1.54) is 7.05 Å². The van der Waals surface area contributed by atoms with Crippen LogP contribution in [0.15, 0.2) is 69.9 Å². The Hall–Kier alpha value is -2.23. The van der Waals surface area contributed by atoms with E-state index in [-0.39, 0.29) is 18.8 Å². The first-order valence-corrected chi connectivity index (χ1v) is 14.0. The molecule has 0 aliphatic rings. The Morgan fingerprint density at radius 1 is 1.00 bits per heavy atom. The minimum atomic E-state index is -3.87. The Balaban J connectivity index is 2.51. The van der Waals surface area contributed by atoms with Gasteiger partial charge in [0, 0.05) is 23.6 Å². The van der Waals surface area contributed by atoms with Crippen LogP contribution in [0.25, 0.3) is 0 Å². The van der Waals surface area contributed by atoms with Gasteiger partial charge in [-0.05, 0) is 51.8 Å². The van der Waals surface area contributed by atoms with Crippen molar-refractivity contribution in [1.29, 1.82) is 0 Å². The van der Waals surface area contributed by atoms with Crippen molar-refractivity contribution >= 4 is 25.7 Å². The van der Waals surface area contributed by atoms with Crippen LogP contribution in [-0.2, 0) is 29.3 Å². The number of hydrogen-bond acceptors (Lipinski definition) is 6. The summed E-state index contributed by atoms with van der Waals surface area (Å²) in [6.07, 6.45) is 0.255. The summed E-state index contributed by atoms with van der Waals surface area (Å²) >= 11 is 0. The van der Waals surface area contributed by atoms with Crippen LogP contribution < -0.4 is 4.72 Å². The minimum Gasteiger partial charge on any atom is -0.465 e. The quantitative estimate of drug-likeness (QED) is 0.504. The van der Waals surface area contributed by atoms with Crippen LogP contribution in [0.5, 0.6) is 0 Å². The highest BCUT2D eigenvalue weighted by molar-refractivity contribution is 7.93. The van der Waals surface area contributed by atoms with E-state index in [0.29, 0.717) is 4.90 Å². The van der Waals surface area contributed by atoms with Crippen LogP contribution in [0.3, 0.4) is 0 Å². The lowest BCUT2D eigenvalue weighted by molar-refractivity contribution is -0.145. The summed E-state index contributed by atoms with van der Waals surface area (Å²) in [5.74, 6) is -1.12. The topological polar surface area (TPSA) is 102 Å². The molecular weight excluding hydrogens is 460 g/mol. The molecule has 0 bridgehead atoms. The third-order valence-electron chi connectivity index (χ3n) is 5.37. The van der Waals surface area contributed by atoms with Crippen LogP contribution in [0.1, 0.15) is 45.6 Å². The fraction of sp³-hybridized carbons (Fsp3) is 0.458. The van der Waals surface area contributed by atoms with Gasteiger partial charge in [-0.15, -0.1) is 0 Å². The molecule has 0 aromatic heterocycles. The van der Waals surface area contributed by atoms with Crippen molar-refractivity contribution in [2.24, 2.45) is 4.36 Å². The Kier molecular flexibility index (Phi) is 9.22. The molecule has 0 saturated heterocycles. The zero-order valence-corrected chi connectivity index (χ0v) is 21.5. The summed E-state index contributed by atoms with van der Waals surface area (Å²) in [6.45, 7) is 6.47. The molecule has 0 saturated carbocycles. The first-order valence-electron chi connectivity index (χ1n) is 10.9. The molecule has 9 heteroatoms. The van der Waals surface area contributed by atoms with Gasteiger partial charge >= 0.3 is 5.97 Å². The second-order valence-electron chi connectivity index (χ2n) is 8.61. The summed E-state index contributed by atoms with van der Waals surface area (Å²) in [7, 11) is -5.12. The molecule has 3 atom stereocenters. The Morgan fingerprint density at radius 2 is 1.55 bits per heavy atom. The van der Waals surface area contributed by atoms with Gasteiger partial charge in [0.25, 0.3) is 0 Å². The number of sulfonamides is 1. The highest BCUT2D eigenvalue weighted by atomic mass is 32.2. The van der Waals surface area contributed by atoms with Gasteiger partial charge in [-0.1, -0.05) is 48.5 Å². The lowest BCUT2D eigenvalue weighted by Crippen LogP contribution is -2.51. The van der Waals surface area contributed by atoms with E-state index in [9.17, 15) is 17.4 Å². The number of esters is 1. The number of benzene rings is 2. The smallest absolute Gasteiger partial charge is 0.324 e. The Morgan fingerprint density at radius 3 is 2.03 bits per heavy atom. The Labute approximate surface area is 198 Å². The van der Waals surface area contributed by atoms with E-state index < -0.39 is 42.4 Å². The number of nitrogens with one attached hydrogen (secondary N) is 1. The van der Waals surface area contributed by atoms with Crippen molar-refractivity contribution in [3.05, 3.63) is 66.2 Å². The van der Waals surface area contributed by atoms with Gasteiger partial charge in [0.1, 0.15) is 6.04 Å². The van der Waals surface area contributed by atoms with Crippen LogP contribution in [-0.4, -0.2) is 48.8 Å². The molecule has 0 spiro atoms. The molecule has 0 aliphatic carbocycles. The number of carbonyl (C=O) groups is 1. The van der Waals surface area contributed by atoms with Gasteiger partial charge in [0.05, 0.1) is 21.1 Å². The first-order chi connectivity index (χ1) is 15.4. The monoisotopic (exact) mass is 494 g/mol. The van der Waals surface area contributed by atoms with E-state index >= 15 is 0 Å². The standard InChI is InChI=1S/C24H34N2O5S2/c1-6-31-23(27)22(26-33(29,30)24(2,3)4)21(19-13-9-7-10-14-19)17-18-32(28,25-5)20-15-11-8-12-16-20/h7-16,21-22,26H,6,17-18H2,1-5H3/t21-,22-,32+/m0/s1. The molecule has 0 heterocycles. The minimum absolute atomic E-state index is 0.110. The maximum atomic E-state index is 13.6. The number of ether oxygens (including phenoxy) is 1. The third-order valence-corrected chi connectivity index (χ3v) is 9.94. The maximum absolute atomic E-state index is 13.6. The van der Waals surface area contributed by atoms with E-state index in [2.05, 4.69) is 9.08 Å². The Bertz CT molecular complexity index is 1130. The van der Waals surface area contributed by atoms with Gasteiger partial charge in [-0.2, -0.15) is 4.72 Å². The van der Waals surface area contributed by atoms with E-state index in [4.69, 9.17) is 4.74 Å². The van der Waals surface area contributed by atoms with E-state index in [1.54, 1.807) is 52.0 Å². The second kappa shape index (κ2) is 11.3. The van der Waals surface area contributed by atoms with Crippen LogP contribution in [0.2, 0.25) is 0 Å². The van der Waals surface area contributed by atoms with Crippen molar-refractivity contribution in [2.75, 3.05) is 19.4 Å². The zero-order chi connectivity index (χ0) is 24.7. The highest BCUT2D eigenvalue weighted by Crippen LogP contribution is 2.29. The molecule has 182 valence electrons. The van der Waals surface area contributed by atoms with Gasteiger partial charge < -0.3 is 4.74 Å². The highest BCUT2D eigenvalue weighted by Gasteiger charge is 2.39. The fourth-order valence-electron chi connectivity index (χ4n) is 3.33. The summed E-state index contributed by atoms with van der Waals surface area (Å²) < 4.78 is 50.5. The first kappa shape index (κ1) is 27.0. The van der Waals surface area contributed by atoms with Crippen LogP contribution >= 0.6 is 0 Å². The van der Waals surface area contributed by atoms with Gasteiger partial charge in [-0.3, -0.25) is 4.79 Å². The molecule has 0 unspecified atom stereocenters. The van der Waals surface area contributed by atoms with Gasteiger partial charge in [-0.25, -0.2) is 17.0 Å². The lowest BCUT2D eigenvalue weighted by atomic mass is 9.89. The number of carbonyl (C=O) groups excluding carboxylic acids is 1. The zero-order valence-electron chi connectivity index (χ0n) is 19.9. The average Bonchev–Trinajstić information content (AvgIpc) is 2.79. The normalized spacial score (nSPS) is 15.8. The van der Waals surface area contributed by atoms with Crippen molar-refractivity contribution in [1.82, 2.24) is 4.72 Å². The van der Waals surface area contributed by atoms with Crippen molar-refractivity contribution in [3.63, 3.8) is 0 Å². The molecule has 0 amide bonds. The number of hydrogen-bond donors (Lipinski definition) is 1. The van der Waals surface area contributed by atoms with E-state index in [0.717, 1.165) is 5.56 Å². The lowest BCUT2D eigenvalue weighted by Gasteiger charge is -2.30. The van der Waals surface area contributed by atoms with Crippen molar-refractivity contribution in [2.45, 2.75) is 55.7 Å². The average molecular weight is 495 g/mol. The van der Waals surface area contributed by atoms with Gasteiger partial charge in [0.2, 0.25) is 10.0 Å². The molecule has 7 nitrogen and oxygen atoms in total. The molecule has 2 rings (SSSR count). The largest absolute Gasteiger partial charge is 0.465 e. The SMILES string of the molecule is CCOC(=O)[C@@H](NS(=O)(=O)C(C)(C)C)[C@@H](CC[S@](=O)(=NC)c1ccccc1)c1ccccc1. The van der Waals surface area contributed by atoms with Crippen LogP contribution in [0.4, 0.5) is 0 Å². The molecule has 0 aliphatic heterocycles. The predicted molar refractivity (Wildman–Crippen MR) is 132 cm³/mol. The van der Waals surface area contributed by atoms with Gasteiger partial charge in [0.15, 0.2) is 0 Å². The molecule has 33 heavy (non-hydrogen) atoms. The van der Waals surface area contributed by atoms with Crippen molar-refractivity contribution < 1.29 is 22.2 Å². The second-order valence-corrected chi connectivity index (χ2v) is 13.6. The van der Waals surface area contributed by atoms with E-state index in [1.807, 2.05) is 36.4 Å². The molecule has 0 fully saturated rings. The molecule has 0 radical (unpaired) electrons. The summed E-state index contributed by atoms with van der Waals surface area (Å²) in [6, 6.07) is 16.9. The molecule has 2 aromatic carbocycles. The third kappa shape index (κ3) is 6.88. The summed E-state index contributed by atoms with van der Waals surface area (Å²) in [4.78, 5) is 13.6. The number of nitrogens with zero attached hydrogens (tertiary/aromatic N) is 1. The summed E-state index contributed by atoms with van der Waals surface area (Å²) in [5.41, 5.74) is 0.748. The fourth-order valence-corrected chi connectivity index (χ4v) is 6.06. The molecular formula is C24H34N2O5S2. The summed E-state index contributed by atoms with van der Waals surface area (Å²) in [5, 5.41) is 0. The number of rotatable bonds is 10. The molecule has 1 N–H and O–H groups in total.